The summed E-state index contributed by atoms with van der Waals surface area (Å²) in [7, 11) is -2.06. The van der Waals surface area contributed by atoms with E-state index in [-0.39, 0.29) is 37.7 Å². The van der Waals surface area contributed by atoms with Crippen molar-refractivity contribution in [1.82, 2.24) is 10.2 Å². The van der Waals surface area contributed by atoms with Gasteiger partial charge in [-0.3, -0.25) is 13.9 Å². The fourth-order valence-electron chi connectivity index (χ4n) is 4.03. The average Bonchev–Trinajstić information content (AvgIpc) is 2.87. The molecule has 2 aromatic carbocycles. The molecule has 8 nitrogen and oxygen atoms in total. The minimum absolute atomic E-state index is 0.0307. The number of ether oxygens (including phenoxy) is 1. The van der Waals surface area contributed by atoms with Gasteiger partial charge in [0.25, 0.3) is 0 Å². The van der Waals surface area contributed by atoms with Crippen LogP contribution in [0.2, 0.25) is 10.0 Å². The molecule has 0 aromatic heterocycles. The van der Waals surface area contributed by atoms with Crippen LogP contribution in [-0.4, -0.2) is 57.6 Å². The van der Waals surface area contributed by atoms with Gasteiger partial charge in [0.2, 0.25) is 21.8 Å². The Morgan fingerprint density at radius 1 is 1.03 bits per heavy atom. The first-order chi connectivity index (χ1) is 18.0. The number of halogens is 2. The number of amides is 2. The molecular formula is C27H37Cl2N3O5S. The van der Waals surface area contributed by atoms with Crippen molar-refractivity contribution >= 4 is 50.7 Å². The average molecular weight is 587 g/mol. The topological polar surface area (TPSA) is 96.0 Å². The van der Waals surface area contributed by atoms with E-state index in [0.29, 0.717) is 40.0 Å². The third kappa shape index (κ3) is 9.06. The van der Waals surface area contributed by atoms with Crippen LogP contribution in [0.4, 0.5) is 5.69 Å². The molecule has 2 rings (SSSR count). The van der Waals surface area contributed by atoms with Gasteiger partial charge in [-0.1, -0.05) is 49.5 Å². The Labute approximate surface area is 236 Å². The van der Waals surface area contributed by atoms with Crippen molar-refractivity contribution in [2.75, 3.05) is 30.8 Å². The third-order valence-corrected chi connectivity index (χ3v) is 8.02. The molecule has 1 N–H and O–H groups in total. The molecule has 2 amide bonds. The van der Waals surface area contributed by atoms with Crippen molar-refractivity contribution in [2.45, 2.75) is 58.5 Å². The molecule has 0 aliphatic rings. The normalized spacial score (nSPS) is 12.1. The van der Waals surface area contributed by atoms with Crippen LogP contribution in [0.15, 0.2) is 42.5 Å². The summed E-state index contributed by atoms with van der Waals surface area (Å²) in [5.41, 5.74) is 1.03. The van der Waals surface area contributed by atoms with E-state index in [1.54, 1.807) is 42.5 Å². The number of benzene rings is 2. The minimum Gasteiger partial charge on any atom is -0.497 e. The number of hydrogen-bond acceptors (Lipinski definition) is 5. The van der Waals surface area contributed by atoms with Gasteiger partial charge < -0.3 is 15.0 Å². The summed E-state index contributed by atoms with van der Waals surface area (Å²) in [6.07, 6.45) is 3.56. The predicted octanol–water partition coefficient (Wildman–Crippen LogP) is 5.27. The van der Waals surface area contributed by atoms with Gasteiger partial charge in [-0.15, -0.1) is 0 Å². The Morgan fingerprint density at radius 2 is 1.66 bits per heavy atom. The number of nitrogens with zero attached hydrogens (tertiary/aromatic N) is 2. The van der Waals surface area contributed by atoms with E-state index in [4.69, 9.17) is 27.9 Å². The van der Waals surface area contributed by atoms with E-state index in [2.05, 4.69) is 5.32 Å². The molecule has 2 aromatic rings. The number of unbranched alkanes of at least 4 members (excludes halogenated alkanes) is 1. The largest absolute Gasteiger partial charge is 0.497 e. The molecule has 38 heavy (non-hydrogen) atoms. The maximum atomic E-state index is 13.5. The standard InChI is InChI=1S/C27H37Cl2N3O5S/c1-5-7-17-30-27(34)25(6-2)31(19-22-23(28)10-8-11-24(22)29)26(33)12-9-18-32(38(4,35)36)20-13-15-21(37-3)16-14-20/h8,10-11,13-16,25H,5-7,9,12,17-19H2,1-4H3,(H,30,34)/t25-/m1/s1. The summed E-state index contributed by atoms with van der Waals surface area (Å²) in [4.78, 5) is 28.1. The highest BCUT2D eigenvalue weighted by Gasteiger charge is 2.29. The summed E-state index contributed by atoms with van der Waals surface area (Å²) < 4.78 is 31.4. The van der Waals surface area contributed by atoms with Gasteiger partial charge in [0.1, 0.15) is 11.8 Å². The van der Waals surface area contributed by atoms with Gasteiger partial charge in [0.15, 0.2) is 0 Å². The van der Waals surface area contributed by atoms with Crippen molar-refractivity contribution in [3.63, 3.8) is 0 Å². The fourth-order valence-corrected chi connectivity index (χ4v) is 5.51. The van der Waals surface area contributed by atoms with Crippen LogP contribution in [0.25, 0.3) is 0 Å². The molecule has 0 heterocycles. The van der Waals surface area contributed by atoms with Gasteiger partial charge in [-0.05, 0) is 55.7 Å². The van der Waals surface area contributed by atoms with Crippen LogP contribution in [0.1, 0.15) is 51.5 Å². The van der Waals surface area contributed by atoms with Crippen molar-refractivity contribution < 1.29 is 22.7 Å². The van der Waals surface area contributed by atoms with Gasteiger partial charge in [-0.25, -0.2) is 8.42 Å². The number of anilines is 1. The second kappa shape index (κ2) is 15.2. The first-order valence-electron chi connectivity index (χ1n) is 12.6. The second-order valence-electron chi connectivity index (χ2n) is 8.93. The van der Waals surface area contributed by atoms with Crippen molar-refractivity contribution in [3.8, 4) is 5.75 Å². The second-order valence-corrected chi connectivity index (χ2v) is 11.6. The zero-order valence-corrected chi connectivity index (χ0v) is 24.7. The summed E-state index contributed by atoms with van der Waals surface area (Å²) >= 11 is 12.8. The number of nitrogens with one attached hydrogen (secondary N) is 1. The molecule has 0 saturated heterocycles. The number of carbonyl (C=O) groups is 2. The van der Waals surface area contributed by atoms with Crippen molar-refractivity contribution in [2.24, 2.45) is 0 Å². The Morgan fingerprint density at radius 3 is 2.18 bits per heavy atom. The lowest BCUT2D eigenvalue weighted by atomic mass is 10.1. The van der Waals surface area contributed by atoms with E-state index < -0.39 is 16.1 Å². The molecule has 210 valence electrons. The number of sulfonamides is 1. The van der Waals surface area contributed by atoms with Gasteiger partial charge >= 0.3 is 0 Å². The lowest BCUT2D eigenvalue weighted by Gasteiger charge is -2.31. The monoisotopic (exact) mass is 585 g/mol. The molecule has 0 unspecified atom stereocenters. The zero-order chi connectivity index (χ0) is 28.3. The minimum atomic E-state index is -3.59. The smallest absolute Gasteiger partial charge is 0.242 e. The Bertz CT molecular complexity index is 1160. The van der Waals surface area contributed by atoms with Crippen molar-refractivity contribution in [3.05, 3.63) is 58.1 Å². The first-order valence-corrected chi connectivity index (χ1v) is 15.3. The van der Waals surface area contributed by atoms with Gasteiger partial charge in [-0.2, -0.15) is 0 Å². The third-order valence-electron chi connectivity index (χ3n) is 6.12. The summed E-state index contributed by atoms with van der Waals surface area (Å²) in [6, 6.07) is 11.0. The Hall–Kier alpha value is -2.49. The highest BCUT2D eigenvalue weighted by atomic mass is 35.5. The van der Waals surface area contributed by atoms with E-state index in [0.717, 1.165) is 19.1 Å². The van der Waals surface area contributed by atoms with E-state index in [9.17, 15) is 18.0 Å². The maximum absolute atomic E-state index is 13.5. The number of hydrogen-bond donors (Lipinski definition) is 1. The molecule has 0 aliphatic heterocycles. The summed E-state index contributed by atoms with van der Waals surface area (Å²) in [5.74, 6) is 0.0733. The molecule has 0 aliphatic carbocycles. The van der Waals surface area contributed by atoms with Crippen molar-refractivity contribution in [1.29, 1.82) is 0 Å². The summed E-state index contributed by atoms with van der Waals surface area (Å²) in [5, 5.41) is 3.72. The predicted molar refractivity (Wildman–Crippen MR) is 153 cm³/mol. The summed E-state index contributed by atoms with van der Waals surface area (Å²) in [6.45, 7) is 4.55. The Kier molecular flexibility index (Phi) is 12.7. The van der Waals surface area contributed by atoms with E-state index >= 15 is 0 Å². The van der Waals surface area contributed by atoms with E-state index in [1.807, 2.05) is 13.8 Å². The number of methoxy groups -OCH3 is 1. The highest BCUT2D eigenvalue weighted by Crippen LogP contribution is 2.28. The molecule has 0 spiro atoms. The number of rotatable bonds is 15. The lowest BCUT2D eigenvalue weighted by molar-refractivity contribution is -0.141. The highest BCUT2D eigenvalue weighted by molar-refractivity contribution is 7.92. The fraction of sp³-hybridized carbons (Fsp3) is 0.481. The number of carbonyl (C=O) groups excluding carboxylic acids is 2. The molecular weight excluding hydrogens is 549 g/mol. The zero-order valence-electron chi connectivity index (χ0n) is 22.4. The van der Waals surface area contributed by atoms with Crippen LogP contribution in [0.3, 0.4) is 0 Å². The van der Waals surface area contributed by atoms with Crippen LogP contribution in [0, 0.1) is 0 Å². The van der Waals surface area contributed by atoms with Crippen LogP contribution in [0.5, 0.6) is 5.75 Å². The van der Waals surface area contributed by atoms with Gasteiger partial charge in [0.05, 0.1) is 19.1 Å². The molecule has 0 radical (unpaired) electrons. The lowest BCUT2D eigenvalue weighted by Crippen LogP contribution is -2.49. The molecule has 0 fully saturated rings. The SMILES string of the molecule is CCCCNC(=O)[C@@H](CC)N(Cc1c(Cl)cccc1Cl)C(=O)CCCN(c1ccc(OC)cc1)S(C)(=O)=O. The Balaban J connectivity index is 2.24. The first kappa shape index (κ1) is 31.7. The molecule has 1 atom stereocenters. The maximum Gasteiger partial charge on any atom is 0.242 e. The van der Waals surface area contributed by atoms with Gasteiger partial charge in [0, 0.05) is 41.7 Å². The molecule has 0 bridgehead atoms. The quantitative estimate of drug-likeness (QED) is 0.287. The van der Waals surface area contributed by atoms with Crippen LogP contribution in [-0.2, 0) is 26.2 Å². The van der Waals surface area contributed by atoms with Crippen LogP contribution < -0.4 is 14.4 Å². The molecule has 0 saturated carbocycles. The van der Waals surface area contributed by atoms with Crippen LogP contribution >= 0.6 is 23.2 Å². The van der Waals surface area contributed by atoms with E-state index in [1.165, 1.54) is 16.3 Å². The molecule has 11 heteroatoms.